The molecular formula is C28H58NO6P. The van der Waals surface area contributed by atoms with Crippen LogP contribution < -0.4 is 0 Å². The van der Waals surface area contributed by atoms with Crippen molar-refractivity contribution < 1.29 is 28.3 Å². The molecule has 216 valence electrons. The Labute approximate surface area is 222 Å². The lowest BCUT2D eigenvalue weighted by molar-refractivity contribution is -0.153. The van der Waals surface area contributed by atoms with Crippen molar-refractivity contribution in [3.8, 4) is 0 Å². The normalized spacial score (nSPS) is 14.2. The van der Waals surface area contributed by atoms with Crippen LogP contribution in [0.1, 0.15) is 124 Å². The maximum absolute atomic E-state index is 12.4. The topological polar surface area (TPSA) is 85.3 Å². The third-order valence-corrected chi connectivity index (χ3v) is 7.91. The quantitative estimate of drug-likeness (QED) is 0.0668. The molecule has 7 nitrogen and oxygen atoms in total. The Morgan fingerprint density at radius 2 is 1.28 bits per heavy atom. The van der Waals surface area contributed by atoms with Crippen LogP contribution in [0.25, 0.3) is 0 Å². The number of hydrogen-bond donors (Lipinski definition) is 1. The van der Waals surface area contributed by atoms with Crippen LogP contribution in [0.4, 0.5) is 0 Å². The van der Waals surface area contributed by atoms with E-state index < -0.39 is 13.7 Å². The first-order valence-electron chi connectivity index (χ1n) is 14.8. The van der Waals surface area contributed by atoms with Crippen molar-refractivity contribution in [3.05, 3.63) is 0 Å². The molecule has 0 heterocycles. The minimum absolute atomic E-state index is 0.0586. The highest BCUT2D eigenvalue weighted by atomic mass is 31.2. The van der Waals surface area contributed by atoms with Gasteiger partial charge in [0.15, 0.2) is 0 Å². The second-order valence-corrected chi connectivity index (χ2v) is 11.8. The Balaban J connectivity index is 3.89. The maximum atomic E-state index is 12.4. The molecule has 0 amide bonds. The van der Waals surface area contributed by atoms with Crippen molar-refractivity contribution in [3.63, 3.8) is 0 Å². The van der Waals surface area contributed by atoms with Gasteiger partial charge >= 0.3 is 13.6 Å². The van der Waals surface area contributed by atoms with E-state index in [9.17, 15) is 14.3 Å². The minimum atomic E-state index is -3.74. The van der Waals surface area contributed by atoms with E-state index in [1.165, 1.54) is 77.0 Å². The molecule has 2 unspecified atom stereocenters. The van der Waals surface area contributed by atoms with Crippen LogP contribution in [0.3, 0.4) is 0 Å². The van der Waals surface area contributed by atoms with Gasteiger partial charge in [-0.25, -0.2) is 0 Å². The van der Waals surface area contributed by atoms with Crippen LogP contribution >= 0.6 is 7.60 Å². The number of carbonyl (C=O) groups is 1. The second kappa shape index (κ2) is 24.9. The van der Waals surface area contributed by atoms with Crippen molar-refractivity contribution in [2.75, 3.05) is 45.6 Å². The first-order chi connectivity index (χ1) is 17.4. The number of unbranched alkanes of at least 4 members (excludes halogenated alkanes) is 13. The van der Waals surface area contributed by atoms with Gasteiger partial charge in [0.25, 0.3) is 0 Å². The number of rotatable bonds is 27. The number of carbonyl (C=O) groups excluding carboxylic acids is 1. The minimum Gasteiger partial charge on any atom is -0.457 e. The van der Waals surface area contributed by atoms with E-state index in [2.05, 4.69) is 11.8 Å². The zero-order chi connectivity index (χ0) is 26.9. The average Bonchev–Trinajstić information content (AvgIpc) is 2.87. The van der Waals surface area contributed by atoms with E-state index in [-0.39, 0.29) is 31.8 Å². The highest BCUT2D eigenvalue weighted by Gasteiger charge is 2.24. The summed E-state index contributed by atoms with van der Waals surface area (Å²) in [6.07, 6.45) is 18.0. The summed E-state index contributed by atoms with van der Waals surface area (Å²) in [6.45, 7) is 10.8. The monoisotopic (exact) mass is 535 g/mol. The fraction of sp³-hybridized carbons (Fsp3) is 0.964. The van der Waals surface area contributed by atoms with Crippen LogP contribution in [0.2, 0.25) is 0 Å². The Hall–Kier alpha value is -0.460. The number of ether oxygens (including phenoxy) is 2. The Bertz CT molecular complexity index is 544. The van der Waals surface area contributed by atoms with Crippen LogP contribution in [0.5, 0.6) is 0 Å². The van der Waals surface area contributed by atoms with E-state index in [0.717, 1.165) is 25.9 Å². The van der Waals surface area contributed by atoms with Crippen molar-refractivity contribution in [1.82, 2.24) is 4.90 Å². The summed E-state index contributed by atoms with van der Waals surface area (Å²) >= 11 is 0. The molecule has 1 N–H and O–H groups in total. The molecule has 0 aromatic rings. The molecule has 0 aliphatic heterocycles. The Morgan fingerprint density at radius 3 is 1.75 bits per heavy atom. The van der Waals surface area contributed by atoms with Crippen molar-refractivity contribution >= 4 is 13.6 Å². The van der Waals surface area contributed by atoms with Gasteiger partial charge in [-0.15, -0.1) is 0 Å². The average molecular weight is 536 g/mol. The van der Waals surface area contributed by atoms with E-state index in [0.29, 0.717) is 13.2 Å². The van der Waals surface area contributed by atoms with Crippen LogP contribution in [-0.4, -0.2) is 67.5 Å². The molecule has 0 aliphatic rings. The molecule has 0 rings (SSSR count). The van der Waals surface area contributed by atoms with Gasteiger partial charge in [-0.2, -0.15) is 0 Å². The summed E-state index contributed by atoms with van der Waals surface area (Å²) in [7, 11) is -3.74. The molecule has 0 bridgehead atoms. The number of nitrogens with zero attached hydrogens (tertiary/aromatic N) is 1. The molecule has 0 aromatic carbocycles. The first-order valence-corrected chi connectivity index (χ1v) is 16.6. The maximum Gasteiger partial charge on any atom is 0.329 e. The number of hydrogen-bond acceptors (Lipinski definition) is 6. The smallest absolute Gasteiger partial charge is 0.329 e. The fourth-order valence-electron chi connectivity index (χ4n) is 4.07. The predicted molar refractivity (Wildman–Crippen MR) is 150 cm³/mol. The Morgan fingerprint density at radius 1 is 0.778 bits per heavy atom. The van der Waals surface area contributed by atoms with Gasteiger partial charge in [0.2, 0.25) is 0 Å². The molecule has 0 fully saturated rings. The Kier molecular flexibility index (Phi) is 24.5. The van der Waals surface area contributed by atoms with E-state index in [1.54, 1.807) is 6.92 Å². The molecule has 0 saturated heterocycles. The third kappa shape index (κ3) is 22.7. The van der Waals surface area contributed by atoms with Crippen molar-refractivity contribution in [2.45, 2.75) is 130 Å². The molecule has 0 aliphatic carbocycles. The molecular weight excluding hydrogens is 477 g/mol. The lowest BCUT2D eigenvalue weighted by Gasteiger charge is -2.22. The summed E-state index contributed by atoms with van der Waals surface area (Å²) in [6, 6.07) is 0. The van der Waals surface area contributed by atoms with Gasteiger partial charge in [0.1, 0.15) is 6.10 Å². The summed E-state index contributed by atoms with van der Waals surface area (Å²) in [5, 5.41) is 0. The highest BCUT2D eigenvalue weighted by Crippen LogP contribution is 2.41. The zero-order valence-corrected chi connectivity index (χ0v) is 24.9. The van der Waals surface area contributed by atoms with Gasteiger partial charge in [0, 0.05) is 19.6 Å². The van der Waals surface area contributed by atoms with Crippen molar-refractivity contribution in [2.24, 2.45) is 0 Å². The van der Waals surface area contributed by atoms with Gasteiger partial charge in [-0.3, -0.25) is 9.36 Å². The fourth-order valence-corrected chi connectivity index (χ4v) is 5.13. The highest BCUT2D eigenvalue weighted by molar-refractivity contribution is 7.52. The summed E-state index contributed by atoms with van der Waals surface area (Å²) in [5.41, 5.74) is 0. The number of esters is 1. The molecule has 0 radical (unpaired) electrons. The van der Waals surface area contributed by atoms with Gasteiger partial charge in [-0.1, -0.05) is 111 Å². The van der Waals surface area contributed by atoms with E-state index >= 15 is 0 Å². The van der Waals surface area contributed by atoms with E-state index in [1.807, 2.05) is 13.8 Å². The van der Waals surface area contributed by atoms with Gasteiger partial charge in [0.05, 0.1) is 19.4 Å². The van der Waals surface area contributed by atoms with Crippen LogP contribution in [-0.2, 0) is 23.4 Å². The van der Waals surface area contributed by atoms with Crippen LogP contribution in [0, 0.1) is 0 Å². The summed E-state index contributed by atoms with van der Waals surface area (Å²) in [4.78, 5) is 23.9. The van der Waals surface area contributed by atoms with E-state index in [4.69, 9.17) is 14.0 Å². The third-order valence-electron chi connectivity index (χ3n) is 6.59. The molecule has 36 heavy (non-hydrogen) atoms. The molecule has 0 spiro atoms. The molecule has 0 aromatic heterocycles. The van der Waals surface area contributed by atoms with Gasteiger partial charge < -0.3 is 23.8 Å². The summed E-state index contributed by atoms with van der Waals surface area (Å²) < 4.78 is 28.7. The second-order valence-electron chi connectivity index (χ2n) is 9.82. The SMILES string of the molecule is CCCCCCCCCCCCCCCCOCC(COP(=O)(O)CCN(CC)CC)OC(=O)CC. The predicted octanol–water partition coefficient (Wildman–Crippen LogP) is 7.35. The standard InChI is InChI=1S/C28H58NO6P/c1-5-9-10-11-12-13-14-15-16-17-18-19-20-21-23-33-25-27(35-28(30)6-2)26-34-36(31,32)24-22-29(7-3)8-4/h27H,5-26H2,1-4H3,(H,31,32). The lowest BCUT2D eigenvalue weighted by Crippen LogP contribution is -2.29. The molecule has 0 saturated carbocycles. The largest absolute Gasteiger partial charge is 0.457 e. The van der Waals surface area contributed by atoms with Crippen molar-refractivity contribution in [1.29, 1.82) is 0 Å². The van der Waals surface area contributed by atoms with Gasteiger partial charge in [-0.05, 0) is 19.5 Å². The first kappa shape index (κ1) is 35.5. The molecule has 2 atom stereocenters. The summed E-state index contributed by atoms with van der Waals surface area (Å²) in [5.74, 6) is -0.361. The zero-order valence-electron chi connectivity index (χ0n) is 24.0. The lowest BCUT2D eigenvalue weighted by atomic mass is 10.0. The molecule has 8 heteroatoms. The van der Waals surface area contributed by atoms with Crippen LogP contribution in [0.15, 0.2) is 0 Å².